The summed E-state index contributed by atoms with van der Waals surface area (Å²) < 4.78 is 29.6. The molecule has 9 heteroatoms. The summed E-state index contributed by atoms with van der Waals surface area (Å²) in [6, 6.07) is 9.67. The molecule has 0 bridgehead atoms. The molecule has 0 aromatic heterocycles. The fourth-order valence-electron chi connectivity index (χ4n) is 4.75. The largest absolute Gasteiger partial charge is 0.369 e. The Labute approximate surface area is 203 Å². The van der Waals surface area contributed by atoms with E-state index >= 15 is 0 Å². The molecule has 6 nitrogen and oxygen atoms in total. The molecule has 4 rings (SSSR count). The number of carbonyl (C=O) groups is 2. The number of amides is 3. The van der Waals surface area contributed by atoms with Gasteiger partial charge < -0.3 is 20.0 Å². The van der Waals surface area contributed by atoms with Gasteiger partial charge in [0.05, 0.1) is 6.04 Å². The highest BCUT2D eigenvalue weighted by Crippen LogP contribution is 2.31. The van der Waals surface area contributed by atoms with Gasteiger partial charge >= 0.3 is 6.03 Å². The second kappa shape index (κ2) is 10.2. The number of nitrogens with one attached hydrogen (secondary N) is 1. The summed E-state index contributed by atoms with van der Waals surface area (Å²) in [6.07, 6.45) is 2.26. The molecule has 1 N–H and O–H groups in total. The van der Waals surface area contributed by atoms with Crippen LogP contribution in [0.3, 0.4) is 0 Å². The van der Waals surface area contributed by atoms with E-state index < -0.39 is 23.4 Å². The fourth-order valence-corrected chi connectivity index (χ4v) is 4.87. The highest BCUT2D eigenvalue weighted by atomic mass is 35.5. The molecule has 0 aliphatic carbocycles. The highest BCUT2D eigenvalue weighted by Gasteiger charge is 2.29. The van der Waals surface area contributed by atoms with Gasteiger partial charge in [-0.1, -0.05) is 23.7 Å². The maximum absolute atomic E-state index is 14.8. The molecule has 1 unspecified atom stereocenters. The van der Waals surface area contributed by atoms with Gasteiger partial charge in [0.25, 0.3) is 0 Å². The third kappa shape index (κ3) is 5.27. The molecular formula is C25H29ClF2N4O2. The summed E-state index contributed by atoms with van der Waals surface area (Å²) in [5, 5.41) is 3.10. The predicted molar refractivity (Wildman–Crippen MR) is 129 cm³/mol. The van der Waals surface area contributed by atoms with Crippen LogP contribution < -0.4 is 10.2 Å². The molecule has 182 valence electrons. The molecular weight excluding hydrogens is 462 g/mol. The molecule has 2 aromatic carbocycles. The van der Waals surface area contributed by atoms with Gasteiger partial charge in [0, 0.05) is 50.9 Å². The molecule has 2 heterocycles. The van der Waals surface area contributed by atoms with Crippen molar-refractivity contribution in [2.24, 2.45) is 0 Å². The van der Waals surface area contributed by atoms with Gasteiger partial charge in [0.1, 0.15) is 5.69 Å². The third-order valence-corrected chi connectivity index (χ3v) is 7.21. The number of anilines is 2. The Hall–Kier alpha value is -2.87. The maximum atomic E-state index is 14.8. The molecule has 0 spiro atoms. The molecule has 1 atom stereocenters. The molecule has 2 aliphatic heterocycles. The van der Waals surface area contributed by atoms with Crippen LogP contribution in [0.25, 0.3) is 0 Å². The molecule has 2 aliphatic rings. The first-order valence-electron chi connectivity index (χ1n) is 11.5. The lowest BCUT2D eigenvalue weighted by molar-refractivity contribution is -0.129. The summed E-state index contributed by atoms with van der Waals surface area (Å²) in [5.74, 6) is -1.36. The zero-order valence-electron chi connectivity index (χ0n) is 19.4. The number of carbonyl (C=O) groups excluding carboxylic acids is 2. The van der Waals surface area contributed by atoms with Gasteiger partial charge in [-0.15, -0.1) is 0 Å². The predicted octanol–water partition coefficient (Wildman–Crippen LogP) is 5.09. The van der Waals surface area contributed by atoms with Crippen molar-refractivity contribution in [1.29, 1.82) is 0 Å². The van der Waals surface area contributed by atoms with Crippen molar-refractivity contribution in [1.82, 2.24) is 9.80 Å². The first-order chi connectivity index (χ1) is 16.2. The van der Waals surface area contributed by atoms with Crippen LogP contribution in [-0.4, -0.2) is 61.0 Å². The van der Waals surface area contributed by atoms with Crippen molar-refractivity contribution in [3.63, 3.8) is 0 Å². The smallest absolute Gasteiger partial charge is 0.322 e. The van der Waals surface area contributed by atoms with Gasteiger partial charge in [-0.05, 0) is 55.0 Å². The second-order valence-electron chi connectivity index (χ2n) is 9.05. The third-order valence-electron chi connectivity index (χ3n) is 6.96. The average Bonchev–Trinajstić information content (AvgIpc) is 3.31. The van der Waals surface area contributed by atoms with E-state index in [4.69, 9.17) is 11.6 Å². The molecule has 3 amide bonds. The van der Waals surface area contributed by atoms with Crippen molar-refractivity contribution in [2.45, 2.75) is 38.1 Å². The topological polar surface area (TPSA) is 55.9 Å². The zero-order valence-corrected chi connectivity index (χ0v) is 20.1. The number of likely N-dealkylation sites (tertiary alicyclic amines) is 1. The lowest BCUT2D eigenvalue weighted by Crippen LogP contribution is -2.40. The number of urea groups is 1. The number of benzene rings is 2. The van der Waals surface area contributed by atoms with Gasteiger partial charge in [-0.3, -0.25) is 4.79 Å². The first kappa shape index (κ1) is 24.3. The number of likely N-dealkylation sites (N-methyl/N-ethyl adjacent to an activating group) is 1. The standard InChI is InChI=1S/C25H29ClF2N4O2/c1-16(33)30(2)20-9-12-32(15-20)21-13-22(27)24(23(28)14-21)29-25(34)31-10-7-18(8-11-31)17-3-5-19(26)6-4-17/h3-6,13-14,18,20H,7-12,15H2,1-2H3,(H,29,34). The average molecular weight is 491 g/mol. The van der Waals surface area contributed by atoms with Crippen molar-refractivity contribution in [3.05, 3.63) is 58.6 Å². The summed E-state index contributed by atoms with van der Waals surface area (Å²) in [7, 11) is 1.73. The molecule has 2 fully saturated rings. The van der Waals surface area contributed by atoms with Crippen LogP contribution in [0.15, 0.2) is 36.4 Å². The highest BCUT2D eigenvalue weighted by molar-refractivity contribution is 6.30. The second-order valence-corrected chi connectivity index (χ2v) is 9.48. The number of halogens is 3. The van der Waals surface area contributed by atoms with E-state index in [0.717, 1.165) is 19.3 Å². The number of hydrogen-bond acceptors (Lipinski definition) is 3. The van der Waals surface area contributed by atoms with E-state index in [1.807, 2.05) is 29.2 Å². The molecule has 2 aromatic rings. The number of nitrogens with zero attached hydrogens (tertiary/aromatic N) is 3. The van der Waals surface area contributed by atoms with Crippen molar-refractivity contribution in [2.75, 3.05) is 43.4 Å². The van der Waals surface area contributed by atoms with Crippen LogP contribution in [-0.2, 0) is 4.79 Å². The van der Waals surface area contributed by atoms with E-state index in [-0.39, 0.29) is 11.9 Å². The SMILES string of the molecule is CC(=O)N(C)C1CCN(c2cc(F)c(NC(=O)N3CCC(c4ccc(Cl)cc4)CC3)c(F)c2)C1. The first-order valence-corrected chi connectivity index (χ1v) is 11.9. The van der Waals surface area contributed by atoms with E-state index in [1.54, 1.807) is 16.8 Å². The van der Waals surface area contributed by atoms with Crippen LogP contribution in [0.1, 0.15) is 37.7 Å². The Morgan fingerprint density at radius 1 is 1.03 bits per heavy atom. The maximum Gasteiger partial charge on any atom is 0.322 e. The summed E-state index contributed by atoms with van der Waals surface area (Å²) in [6.45, 7) is 3.59. The van der Waals surface area contributed by atoms with Crippen LogP contribution in [0, 0.1) is 11.6 Å². The fraction of sp³-hybridized carbons (Fsp3) is 0.440. The molecule has 2 saturated heterocycles. The number of hydrogen-bond donors (Lipinski definition) is 1. The Morgan fingerprint density at radius 3 is 2.24 bits per heavy atom. The Bertz CT molecular complexity index is 1030. The summed E-state index contributed by atoms with van der Waals surface area (Å²) in [4.78, 5) is 29.4. The minimum absolute atomic E-state index is 0.00111. The van der Waals surface area contributed by atoms with Gasteiger partial charge in [0.2, 0.25) is 5.91 Å². The molecule has 0 radical (unpaired) electrons. The van der Waals surface area contributed by atoms with E-state index in [9.17, 15) is 18.4 Å². The van der Waals surface area contributed by atoms with Crippen LogP contribution in [0.2, 0.25) is 5.02 Å². The van der Waals surface area contributed by atoms with Gasteiger partial charge in [-0.25, -0.2) is 13.6 Å². The summed E-state index contributed by atoms with van der Waals surface area (Å²) in [5.41, 5.74) is 1.14. The minimum atomic E-state index is -0.817. The normalized spacial score (nSPS) is 18.8. The van der Waals surface area contributed by atoms with E-state index in [1.165, 1.54) is 24.6 Å². The number of rotatable bonds is 4. The van der Waals surface area contributed by atoms with Gasteiger partial charge in [0.15, 0.2) is 11.6 Å². The van der Waals surface area contributed by atoms with Gasteiger partial charge in [-0.2, -0.15) is 0 Å². The van der Waals surface area contributed by atoms with Crippen molar-refractivity contribution < 1.29 is 18.4 Å². The molecule has 34 heavy (non-hydrogen) atoms. The lowest BCUT2D eigenvalue weighted by atomic mass is 9.89. The monoisotopic (exact) mass is 490 g/mol. The van der Waals surface area contributed by atoms with E-state index in [0.29, 0.717) is 42.8 Å². The number of piperidine rings is 1. The quantitative estimate of drug-likeness (QED) is 0.649. The van der Waals surface area contributed by atoms with Crippen molar-refractivity contribution >= 4 is 34.9 Å². The Kier molecular flexibility index (Phi) is 7.26. The van der Waals surface area contributed by atoms with Crippen LogP contribution in [0.5, 0.6) is 0 Å². The van der Waals surface area contributed by atoms with E-state index in [2.05, 4.69) is 5.32 Å². The lowest BCUT2D eigenvalue weighted by Gasteiger charge is -2.32. The van der Waals surface area contributed by atoms with Crippen molar-refractivity contribution in [3.8, 4) is 0 Å². The molecule has 0 saturated carbocycles. The van der Waals surface area contributed by atoms with Crippen LogP contribution >= 0.6 is 11.6 Å². The Morgan fingerprint density at radius 2 is 1.65 bits per heavy atom. The summed E-state index contributed by atoms with van der Waals surface area (Å²) >= 11 is 5.96. The minimum Gasteiger partial charge on any atom is -0.369 e. The zero-order chi connectivity index (χ0) is 24.4. The Balaban J connectivity index is 1.36. The van der Waals surface area contributed by atoms with Crippen LogP contribution in [0.4, 0.5) is 25.0 Å².